The summed E-state index contributed by atoms with van der Waals surface area (Å²) in [6.07, 6.45) is 2.15. The second-order valence-electron chi connectivity index (χ2n) is 5.84. The molecule has 1 aromatic rings. The maximum Gasteiger partial charge on any atom is 0.138 e. The van der Waals surface area contributed by atoms with Crippen LogP contribution in [0.4, 0.5) is 4.39 Å². The Morgan fingerprint density at radius 2 is 2.19 bits per heavy atom. The van der Waals surface area contributed by atoms with Crippen molar-refractivity contribution in [2.75, 3.05) is 26.7 Å². The van der Waals surface area contributed by atoms with Crippen LogP contribution in [0.1, 0.15) is 30.9 Å². The minimum atomic E-state index is -0.350. The summed E-state index contributed by atoms with van der Waals surface area (Å²) < 4.78 is 14.4. The molecule has 0 bridgehead atoms. The van der Waals surface area contributed by atoms with E-state index in [2.05, 4.69) is 23.8 Å². The van der Waals surface area contributed by atoms with Gasteiger partial charge in [-0.15, -0.1) is 0 Å². The molecular weight excluding hydrogens is 267 g/mol. The van der Waals surface area contributed by atoms with E-state index in [-0.39, 0.29) is 17.2 Å². The van der Waals surface area contributed by atoms with Gasteiger partial charge in [-0.05, 0) is 32.5 Å². The van der Waals surface area contributed by atoms with E-state index >= 15 is 0 Å². The van der Waals surface area contributed by atoms with E-state index in [0.29, 0.717) is 18.2 Å². The molecule has 1 aromatic carbocycles. The first-order chi connectivity index (χ1) is 10.0. The molecule has 1 aliphatic rings. The first kappa shape index (κ1) is 15.9. The third kappa shape index (κ3) is 3.80. The van der Waals surface area contributed by atoms with Crippen molar-refractivity contribution in [3.8, 4) is 0 Å². The van der Waals surface area contributed by atoms with Crippen LogP contribution in [0, 0.1) is 11.2 Å². The van der Waals surface area contributed by atoms with Crippen molar-refractivity contribution < 1.29 is 4.39 Å². The lowest BCUT2D eigenvalue weighted by Crippen LogP contribution is -2.39. The lowest BCUT2D eigenvalue weighted by Gasteiger charge is -2.30. The molecule has 1 fully saturated rings. The van der Waals surface area contributed by atoms with Crippen molar-refractivity contribution in [1.29, 1.82) is 5.41 Å². The molecule has 116 valence electrons. The second-order valence-corrected chi connectivity index (χ2v) is 5.84. The third-order valence-electron chi connectivity index (χ3n) is 4.24. The normalized spacial score (nSPS) is 21.2. The molecule has 0 aliphatic carbocycles. The molecule has 5 heteroatoms. The Labute approximate surface area is 126 Å². The van der Waals surface area contributed by atoms with Crippen LogP contribution in [0.15, 0.2) is 18.2 Å². The van der Waals surface area contributed by atoms with E-state index in [1.54, 1.807) is 18.2 Å². The zero-order valence-electron chi connectivity index (χ0n) is 12.9. The van der Waals surface area contributed by atoms with Gasteiger partial charge < -0.3 is 10.6 Å². The minimum Gasteiger partial charge on any atom is -0.384 e. The number of rotatable bonds is 4. The van der Waals surface area contributed by atoms with Crippen LogP contribution >= 0.6 is 0 Å². The molecule has 4 nitrogen and oxygen atoms in total. The summed E-state index contributed by atoms with van der Waals surface area (Å²) in [5.74, 6) is -0.561. The van der Waals surface area contributed by atoms with Gasteiger partial charge >= 0.3 is 0 Å². The first-order valence-corrected chi connectivity index (χ1v) is 7.57. The van der Waals surface area contributed by atoms with E-state index < -0.39 is 0 Å². The van der Waals surface area contributed by atoms with Crippen molar-refractivity contribution in [3.63, 3.8) is 0 Å². The number of nitrogens with two attached hydrogens (primary N) is 1. The first-order valence-electron chi connectivity index (χ1n) is 7.57. The van der Waals surface area contributed by atoms with Crippen LogP contribution in [0.3, 0.4) is 0 Å². The number of nitrogen functional groups attached to an aromatic ring is 1. The summed E-state index contributed by atoms with van der Waals surface area (Å²) in [5, 5.41) is 7.45. The van der Waals surface area contributed by atoms with Crippen molar-refractivity contribution in [2.45, 2.75) is 32.4 Å². The molecule has 2 rings (SSSR count). The van der Waals surface area contributed by atoms with Crippen LogP contribution in [0.2, 0.25) is 0 Å². The van der Waals surface area contributed by atoms with Crippen LogP contribution in [0.25, 0.3) is 0 Å². The molecule has 0 aromatic heterocycles. The largest absolute Gasteiger partial charge is 0.384 e. The highest BCUT2D eigenvalue weighted by Gasteiger charge is 2.23. The fourth-order valence-electron chi connectivity index (χ4n) is 3.02. The number of halogens is 1. The highest BCUT2D eigenvalue weighted by Crippen LogP contribution is 2.19. The monoisotopic (exact) mass is 292 g/mol. The summed E-state index contributed by atoms with van der Waals surface area (Å²) in [4.78, 5) is 4.70. The zero-order chi connectivity index (χ0) is 15.4. The lowest BCUT2D eigenvalue weighted by atomic mass is 10.1. The molecule has 0 amide bonds. The molecule has 21 heavy (non-hydrogen) atoms. The maximum atomic E-state index is 14.4. The fourth-order valence-corrected chi connectivity index (χ4v) is 3.02. The average molecular weight is 292 g/mol. The van der Waals surface area contributed by atoms with E-state index in [1.807, 2.05) is 0 Å². The highest BCUT2D eigenvalue weighted by atomic mass is 19.1. The van der Waals surface area contributed by atoms with Crippen LogP contribution in [-0.4, -0.2) is 48.4 Å². The predicted molar refractivity (Wildman–Crippen MR) is 84.0 cm³/mol. The van der Waals surface area contributed by atoms with Gasteiger partial charge in [0.25, 0.3) is 0 Å². The van der Waals surface area contributed by atoms with Crippen molar-refractivity contribution in [3.05, 3.63) is 35.1 Å². The SMILES string of the molecule is CCC1CN(C)CCCN1Cc1cccc(C(=N)N)c1F. The topological polar surface area (TPSA) is 56.4 Å². The molecule has 0 saturated carbocycles. The quantitative estimate of drug-likeness (QED) is 0.659. The Hall–Kier alpha value is -1.46. The molecule has 1 atom stereocenters. The Bertz CT molecular complexity index is 503. The predicted octanol–water partition coefficient (Wildman–Crippen LogP) is 2.03. The summed E-state index contributed by atoms with van der Waals surface area (Å²) in [6, 6.07) is 5.58. The van der Waals surface area contributed by atoms with Gasteiger partial charge in [-0.2, -0.15) is 0 Å². The molecule has 3 N–H and O–H groups in total. The van der Waals surface area contributed by atoms with Crippen molar-refractivity contribution >= 4 is 5.84 Å². The van der Waals surface area contributed by atoms with E-state index in [0.717, 1.165) is 32.5 Å². The Balaban J connectivity index is 2.20. The Morgan fingerprint density at radius 1 is 1.43 bits per heavy atom. The summed E-state index contributed by atoms with van der Waals surface area (Å²) in [6.45, 7) is 5.85. The number of amidine groups is 1. The standard InChI is InChI=1S/C16H25FN4/c1-3-13-11-20(2)8-5-9-21(13)10-12-6-4-7-14(15(12)17)16(18)19/h4,6-7,13H,3,5,8-11H2,1-2H3,(H3,18,19). The summed E-state index contributed by atoms with van der Waals surface area (Å²) in [5.41, 5.74) is 6.27. The van der Waals surface area contributed by atoms with Gasteiger partial charge in [0.05, 0.1) is 5.56 Å². The van der Waals surface area contributed by atoms with Gasteiger partial charge in [0, 0.05) is 31.2 Å². The van der Waals surface area contributed by atoms with Crippen molar-refractivity contribution in [1.82, 2.24) is 9.80 Å². The maximum absolute atomic E-state index is 14.4. The van der Waals surface area contributed by atoms with Gasteiger partial charge in [0.2, 0.25) is 0 Å². The van der Waals surface area contributed by atoms with E-state index in [4.69, 9.17) is 11.1 Å². The van der Waals surface area contributed by atoms with Crippen LogP contribution in [-0.2, 0) is 6.54 Å². The van der Waals surface area contributed by atoms with Gasteiger partial charge in [-0.3, -0.25) is 10.3 Å². The summed E-state index contributed by atoms with van der Waals surface area (Å²) in [7, 11) is 2.14. The minimum absolute atomic E-state index is 0.201. The van der Waals surface area contributed by atoms with Gasteiger partial charge in [-0.1, -0.05) is 19.1 Å². The summed E-state index contributed by atoms with van der Waals surface area (Å²) >= 11 is 0. The Morgan fingerprint density at radius 3 is 2.86 bits per heavy atom. The molecule has 1 aliphatic heterocycles. The second kappa shape index (κ2) is 7.00. The highest BCUT2D eigenvalue weighted by molar-refractivity contribution is 5.95. The number of nitrogens with one attached hydrogen (secondary N) is 1. The average Bonchev–Trinajstić information content (AvgIpc) is 2.62. The van der Waals surface area contributed by atoms with Gasteiger partial charge in [0.1, 0.15) is 11.7 Å². The number of likely N-dealkylation sites (N-methyl/N-ethyl adjacent to an activating group) is 1. The fraction of sp³-hybridized carbons (Fsp3) is 0.562. The third-order valence-corrected chi connectivity index (χ3v) is 4.24. The van der Waals surface area contributed by atoms with Crippen LogP contribution < -0.4 is 5.73 Å². The number of benzene rings is 1. The molecule has 1 unspecified atom stereocenters. The Kier molecular flexibility index (Phi) is 5.31. The number of hydrogen-bond acceptors (Lipinski definition) is 3. The zero-order valence-corrected chi connectivity index (χ0v) is 12.9. The smallest absolute Gasteiger partial charge is 0.138 e. The number of hydrogen-bond donors (Lipinski definition) is 2. The van der Waals surface area contributed by atoms with E-state index in [1.165, 1.54) is 0 Å². The van der Waals surface area contributed by atoms with Crippen LogP contribution in [0.5, 0.6) is 0 Å². The van der Waals surface area contributed by atoms with Gasteiger partial charge in [0.15, 0.2) is 0 Å². The lowest BCUT2D eigenvalue weighted by molar-refractivity contribution is 0.174. The molecule has 1 saturated heterocycles. The van der Waals surface area contributed by atoms with E-state index in [9.17, 15) is 4.39 Å². The van der Waals surface area contributed by atoms with Crippen molar-refractivity contribution in [2.24, 2.45) is 5.73 Å². The van der Waals surface area contributed by atoms with Gasteiger partial charge in [-0.25, -0.2) is 4.39 Å². The molecule has 0 radical (unpaired) electrons. The molecule has 0 spiro atoms. The molecular formula is C16H25FN4. The molecule has 1 heterocycles. The number of nitrogens with zero attached hydrogens (tertiary/aromatic N) is 2.